The summed E-state index contributed by atoms with van der Waals surface area (Å²) in [6.07, 6.45) is 9.04. The Morgan fingerprint density at radius 3 is 1.94 bits per heavy atom. The molecular weight excluding hydrogens is 210 g/mol. The van der Waals surface area contributed by atoms with Gasteiger partial charge >= 0.3 is 0 Å². The fourth-order valence-electron chi connectivity index (χ4n) is 5.37. The summed E-state index contributed by atoms with van der Waals surface area (Å²) in [6.45, 7) is 5.43. The molecule has 96 valence electrons. The number of nitrogens with one attached hydrogen (secondary N) is 1. The zero-order chi connectivity index (χ0) is 11.5. The van der Waals surface area contributed by atoms with E-state index < -0.39 is 0 Å². The Labute approximate surface area is 104 Å². The quantitative estimate of drug-likeness (QED) is 0.812. The van der Waals surface area contributed by atoms with Gasteiger partial charge in [-0.2, -0.15) is 0 Å². The molecule has 0 aromatic heterocycles. The predicted octanol–water partition coefficient (Wildman–Crippen LogP) is 2.58. The van der Waals surface area contributed by atoms with Crippen LogP contribution in [0, 0.1) is 23.2 Å². The van der Waals surface area contributed by atoms with Crippen molar-refractivity contribution in [1.29, 1.82) is 0 Å². The average Bonchev–Trinajstić information content (AvgIpc) is 2.22. The van der Waals surface area contributed by atoms with E-state index in [2.05, 4.69) is 12.2 Å². The van der Waals surface area contributed by atoms with E-state index in [-0.39, 0.29) is 5.60 Å². The van der Waals surface area contributed by atoms with Crippen LogP contribution in [-0.4, -0.2) is 25.3 Å². The molecule has 0 radical (unpaired) electrons. The Balaban J connectivity index is 1.45. The monoisotopic (exact) mass is 235 g/mol. The summed E-state index contributed by atoms with van der Waals surface area (Å²) in [6, 6.07) is 0. The first-order valence-corrected chi connectivity index (χ1v) is 7.50. The molecule has 4 aliphatic carbocycles. The van der Waals surface area contributed by atoms with Crippen molar-refractivity contribution in [2.75, 3.05) is 19.7 Å². The van der Waals surface area contributed by atoms with E-state index in [4.69, 9.17) is 4.74 Å². The second-order valence-electron chi connectivity index (χ2n) is 7.76. The number of hydrogen-bond donors (Lipinski definition) is 1. The van der Waals surface area contributed by atoms with E-state index in [0.29, 0.717) is 5.41 Å². The molecule has 0 unspecified atom stereocenters. The van der Waals surface area contributed by atoms with Gasteiger partial charge in [0.15, 0.2) is 0 Å². The van der Waals surface area contributed by atoms with E-state index in [1.807, 2.05) is 0 Å². The molecule has 1 heterocycles. The van der Waals surface area contributed by atoms with Gasteiger partial charge in [0.05, 0.1) is 12.2 Å². The largest absolute Gasteiger partial charge is 0.372 e. The zero-order valence-corrected chi connectivity index (χ0v) is 11.0. The van der Waals surface area contributed by atoms with Crippen LogP contribution in [0.25, 0.3) is 0 Å². The normalized spacial score (nSPS) is 50.3. The van der Waals surface area contributed by atoms with Crippen LogP contribution in [0.4, 0.5) is 0 Å². The first-order valence-electron chi connectivity index (χ1n) is 7.50. The second-order valence-corrected chi connectivity index (χ2v) is 7.76. The van der Waals surface area contributed by atoms with Crippen LogP contribution in [0.5, 0.6) is 0 Å². The van der Waals surface area contributed by atoms with Gasteiger partial charge in [-0.3, -0.25) is 0 Å². The summed E-state index contributed by atoms with van der Waals surface area (Å²) in [5.41, 5.74) is 0.747. The number of hydrogen-bond acceptors (Lipinski definition) is 2. The molecule has 0 amide bonds. The van der Waals surface area contributed by atoms with Crippen molar-refractivity contribution < 1.29 is 4.74 Å². The third-order valence-corrected chi connectivity index (χ3v) is 5.89. The highest BCUT2D eigenvalue weighted by Crippen LogP contribution is 2.60. The molecule has 17 heavy (non-hydrogen) atoms. The highest BCUT2D eigenvalue weighted by molar-refractivity contribution is 5.02. The van der Waals surface area contributed by atoms with Crippen molar-refractivity contribution in [2.45, 2.75) is 51.0 Å². The van der Waals surface area contributed by atoms with E-state index in [0.717, 1.165) is 37.5 Å². The van der Waals surface area contributed by atoms with Crippen molar-refractivity contribution in [2.24, 2.45) is 23.2 Å². The Bertz CT molecular complexity index is 286. The molecular formula is C15H25NO. The van der Waals surface area contributed by atoms with Crippen molar-refractivity contribution in [1.82, 2.24) is 5.32 Å². The molecule has 1 aliphatic heterocycles. The average molecular weight is 235 g/mol. The first-order chi connectivity index (χ1) is 8.15. The lowest BCUT2D eigenvalue weighted by Crippen LogP contribution is -2.60. The van der Waals surface area contributed by atoms with Gasteiger partial charge in [0.2, 0.25) is 0 Å². The minimum Gasteiger partial charge on any atom is -0.372 e. The maximum atomic E-state index is 6.29. The highest BCUT2D eigenvalue weighted by Gasteiger charge is 2.51. The molecule has 0 aromatic carbocycles. The van der Waals surface area contributed by atoms with E-state index in [1.165, 1.54) is 38.5 Å². The first kappa shape index (κ1) is 10.8. The van der Waals surface area contributed by atoms with Gasteiger partial charge in [0, 0.05) is 13.1 Å². The lowest BCUT2D eigenvalue weighted by Gasteiger charge is -2.57. The van der Waals surface area contributed by atoms with Gasteiger partial charge in [0.1, 0.15) is 0 Å². The fourth-order valence-corrected chi connectivity index (χ4v) is 5.37. The molecule has 0 aromatic rings. The maximum absolute atomic E-state index is 6.29. The van der Waals surface area contributed by atoms with Crippen LogP contribution in [-0.2, 0) is 4.74 Å². The van der Waals surface area contributed by atoms with Crippen molar-refractivity contribution in [3.63, 3.8) is 0 Å². The summed E-state index contributed by atoms with van der Waals surface area (Å²) >= 11 is 0. The molecule has 0 atom stereocenters. The van der Waals surface area contributed by atoms with Gasteiger partial charge in [0.25, 0.3) is 0 Å². The molecule has 4 saturated carbocycles. The molecule has 1 saturated heterocycles. The molecule has 2 heteroatoms. The summed E-state index contributed by atoms with van der Waals surface area (Å²) in [5, 5.41) is 3.34. The van der Waals surface area contributed by atoms with Crippen LogP contribution in [0.2, 0.25) is 0 Å². The standard InChI is InChI=1S/C15H25NO/c1-14(8-16-9-14)17-10-15-5-11-2-12(6-15)4-13(3-11)7-15/h11-13,16H,2-10H2,1H3. The van der Waals surface area contributed by atoms with Gasteiger partial charge < -0.3 is 10.1 Å². The van der Waals surface area contributed by atoms with E-state index in [1.54, 1.807) is 0 Å². The lowest BCUT2D eigenvalue weighted by molar-refractivity contribution is -0.150. The molecule has 2 nitrogen and oxygen atoms in total. The van der Waals surface area contributed by atoms with E-state index in [9.17, 15) is 0 Å². The van der Waals surface area contributed by atoms with Crippen LogP contribution in [0.15, 0.2) is 0 Å². The zero-order valence-electron chi connectivity index (χ0n) is 11.0. The maximum Gasteiger partial charge on any atom is 0.0902 e. The van der Waals surface area contributed by atoms with Crippen molar-refractivity contribution >= 4 is 0 Å². The Kier molecular flexibility index (Phi) is 2.21. The SMILES string of the molecule is CC1(OCC23CC4CC(CC(C4)C2)C3)CNC1. The Morgan fingerprint density at radius 1 is 1.00 bits per heavy atom. The van der Waals surface area contributed by atoms with Gasteiger partial charge in [-0.25, -0.2) is 0 Å². The van der Waals surface area contributed by atoms with Crippen molar-refractivity contribution in [3.8, 4) is 0 Å². The Morgan fingerprint density at radius 2 is 1.53 bits per heavy atom. The second kappa shape index (κ2) is 3.48. The summed E-state index contributed by atoms with van der Waals surface area (Å²) < 4.78 is 6.29. The van der Waals surface area contributed by atoms with Crippen LogP contribution < -0.4 is 5.32 Å². The van der Waals surface area contributed by atoms with Crippen molar-refractivity contribution in [3.05, 3.63) is 0 Å². The molecule has 5 rings (SSSR count). The fraction of sp³-hybridized carbons (Fsp3) is 1.00. The molecule has 4 bridgehead atoms. The topological polar surface area (TPSA) is 21.3 Å². The Hall–Kier alpha value is -0.0800. The highest BCUT2D eigenvalue weighted by atomic mass is 16.5. The van der Waals surface area contributed by atoms with Gasteiger partial charge in [-0.1, -0.05) is 0 Å². The molecule has 0 spiro atoms. The molecule has 1 N–H and O–H groups in total. The number of rotatable bonds is 3. The lowest BCUT2D eigenvalue weighted by atomic mass is 9.50. The summed E-state index contributed by atoms with van der Waals surface area (Å²) in [7, 11) is 0. The van der Waals surface area contributed by atoms with Crippen LogP contribution >= 0.6 is 0 Å². The smallest absolute Gasteiger partial charge is 0.0902 e. The predicted molar refractivity (Wildman–Crippen MR) is 67.8 cm³/mol. The summed E-state index contributed by atoms with van der Waals surface area (Å²) in [4.78, 5) is 0. The molecule has 5 fully saturated rings. The summed E-state index contributed by atoms with van der Waals surface area (Å²) in [5.74, 6) is 3.16. The minimum absolute atomic E-state index is 0.156. The third-order valence-electron chi connectivity index (χ3n) is 5.89. The number of ether oxygens (including phenoxy) is 1. The minimum atomic E-state index is 0.156. The van der Waals surface area contributed by atoms with Gasteiger partial charge in [-0.15, -0.1) is 0 Å². The van der Waals surface area contributed by atoms with E-state index >= 15 is 0 Å². The van der Waals surface area contributed by atoms with Gasteiger partial charge in [-0.05, 0) is 68.6 Å². The third kappa shape index (κ3) is 1.76. The molecule has 5 aliphatic rings. The van der Waals surface area contributed by atoms with Crippen LogP contribution in [0.1, 0.15) is 45.4 Å². The van der Waals surface area contributed by atoms with Crippen LogP contribution in [0.3, 0.4) is 0 Å².